The van der Waals surface area contributed by atoms with Crippen LogP contribution in [0.15, 0.2) is 24.5 Å². The van der Waals surface area contributed by atoms with Crippen molar-refractivity contribution in [3.63, 3.8) is 0 Å². The predicted octanol–water partition coefficient (Wildman–Crippen LogP) is 1.55. The molecule has 1 N–H and O–H groups in total. The van der Waals surface area contributed by atoms with Crippen molar-refractivity contribution < 1.29 is 0 Å². The first-order valence-electron chi connectivity index (χ1n) is 6.61. The average Bonchev–Trinajstić information content (AvgIpc) is 2.45. The monoisotopic (exact) mass is 244 g/mol. The topological polar surface area (TPSA) is 52.0 Å². The fraction of sp³-hybridized carbons (Fsp3) is 0.571. The average molecular weight is 244 g/mol. The highest BCUT2D eigenvalue weighted by atomic mass is 15.2. The van der Waals surface area contributed by atoms with Crippen LogP contribution in [0.2, 0.25) is 0 Å². The van der Waals surface area contributed by atoms with E-state index in [4.69, 9.17) is 5.26 Å². The van der Waals surface area contributed by atoms with Gasteiger partial charge in [-0.3, -0.25) is 9.88 Å². The molecule has 0 aromatic carbocycles. The molecule has 0 saturated carbocycles. The molecule has 2 heterocycles. The molecule has 18 heavy (non-hydrogen) atoms. The Balaban J connectivity index is 1.98. The lowest BCUT2D eigenvalue weighted by Crippen LogP contribution is -2.43. The van der Waals surface area contributed by atoms with Crippen LogP contribution in [0.1, 0.15) is 24.8 Å². The second-order valence-corrected chi connectivity index (χ2v) is 4.72. The van der Waals surface area contributed by atoms with Gasteiger partial charge < -0.3 is 5.32 Å². The number of nitriles is 1. The van der Waals surface area contributed by atoms with E-state index in [2.05, 4.69) is 27.3 Å². The largest absolute Gasteiger partial charge is 0.317 e. The van der Waals surface area contributed by atoms with Gasteiger partial charge in [0.05, 0.1) is 6.07 Å². The van der Waals surface area contributed by atoms with Gasteiger partial charge in [0.2, 0.25) is 0 Å². The molecule has 0 aliphatic carbocycles. The van der Waals surface area contributed by atoms with Crippen molar-refractivity contribution in [1.29, 1.82) is 5.26 Å². The van der Waals surface area contributed by atoms with Crippen molar-refractivity contribution in [2.24, 2.45) is 0 Å². The molecule has 1 aliphatic rings. The van der Waals surface area contributed by atoms with Crippen LogP contribution in [-0.4, -0.2) is 35.6 Å². The van der Waals surface area contributed by atoms with Gasteiger partial charge in [0.1, 0.15) is 0 Å². The zero-order chi connectivity index (χ0) is 12.6. The highest BCUT2D eigenvalue weighted by Crippen LogP contribution is 2.15. The Labute approximate surface area is 109 Å². The summed E-state index contributed by atoms with van der Waals surface area (Å²) in [6.07, 6.45) is 6.66. The molecule has 96 valence electrons. The van der Waals surface area contributed by atoms with Crippen LogP contribution in [0.25, 0.3) is 0 Å². The first-order valence-corrected chi connectivity index (χ1v) is 6.61. The van der Waals surface area contributed by atoms with E-state index in [0.717, 1.165) is 26.2 Å². The number of nitrogens with one attached hydrogen (secondary N) is 1. The van der Waals surface area contributed by atoms with Crippen molar-refractivity contribution in [2.75, 3.05) is 19.6 Å². The third-order valence-electron chi connectivity index (χ3n) is 3.44. The van der Waals surface area contributed by atoms with Crippen LogP contribution in [0.4, 0.5) is 0 Å². The lowest BCUT2D eigenvalue weighted by molar-refractivity contribution is 0.157. The second kappa shape index (κ2) is 7.10. The van der Waals surface area contributed by atoms with Crippen molar-refractivity contribution in [2.45, 2.75) is 31.8 Å². The molecule has 0 spiro atoms. The standard InChI is InChI=1S/C14H20N4/c15-6-2-10-18(14-4-8-16-9-5-14)12-13-3-1-7-17-11-13/h1,3,7,11,14,16H,2,4-5,8-10,12H2. The molecule has 1 aromatic heterocycles. The number of nitrogens with zero attached hydrogens (tertiary/aromatic N) is 3. The van der Waals surface area contributed by atoms with Crippen LogP contribution in [0.5, 0.6) is 0 Å². The van der Waals surface area contributed by atoms with Gasteiger partial charge >= 0.3 is 0 Å². The van der Waals surface area contributed by atoms with Crippen LogP contribution < -0.4 is 5.32 Å². The van der Waals surface area contributed by atoms with E-state index < -0.39 is 0 Å². The van der Waals surface area contributed by atoms with Gasteiger partial charge in [0.15, 0.2) is 0 Å². The summed E-state index contributed by atoms with van der Waals surface area (Å²) >= 11 is 0. The molecule has 2 rings (SSSR count). The first-order chi connectivity index (χ1) is 8.90. The smallest absolute Gasteiger partial charge is 0.0635 e. The minimum Gasteiger partial charge on any atom is -0.317 e. The van der Waals surface area contributed by atoms with E-state index in [1.807, 2.05) is 12.3 Å². The molecule has 4 heteroatoms. The maximum absolute atomic E-state index is 8.78. The summed E-state index contributed by atoms with van der Waals surface area (Å²) in [5.41, 5.74) is 1.23. The fourth-order valence-electron chi connectivity index (χ4n) is 2.48. The van der Waals surface area contributed by atoms with E-state index in [9.17, 15) is 0 Å². The molecule has 1 aliphatic heterocycles. The highest BCUT2D eigenvalue weighted by molar-refractivity contribution is 5.08. The van der Waals surface area contributed by atoms with E-state index >= 15 is 0 Å². The van der Waals surface area contributed by atoms with E-state index in [1.165, 1.54) is 18.4 Å². The number of aromatic nitrogens is 1. The third-order valence-corrected chi connectivity index (χ3v) is 3.44. The molecule has 0 atom stereocenters. The number of pyridine rings is 1. The number of piperidine rings is 1. The molecule has 0 unspecified atom stereocenters. The Morgan fingerprint density at radius 3 is 2.94 bits per heavy atom. The van der Waals surface area contributed by atoms with Gasteiger partial charge in [0, 0.05) is 37.9 Å². The van der Waals surface area contributed by atoms with Crippen LogP contribution in [0, 0.1) is 11.3 Å². The second-order valence-electron chi connectivity index (χ2n) is 4.72. The molecular formula is C14H20N4. The normalized spacial score (nSPS) is 16.7. The predicted molar refractivity (Wildman–Crippen MR) is 70.8 cm³/mol. The number of rotatable bonds is 5. The van der Waals surface area contributed by atoms with Crippen molar-refractivity contribution in [3.8, 4) is 6.07 Å². The molecular weight excluding hydrogens is 224 g/mol. The van der Waals surface area contributed by atoms with Gasteiger partial charge in [-0.1, -0.05) is 6.07 Å². The molecule has 0 amide bonds. The van der Waals surface area contributed by atoms with Gasteiger partial charge in [-0.05, 0) is 37.6 Å². The lowest BCUT2D eigenvalue weighted by Gasteiger charge is -2.34. The SMILES string of the molecule is N#CCCN(Cc1cccnc1)C1CCNCC1. The fourth-order valence-corrected chi connectivity index (χ4v) is 2.48. The molecule has 1 fully saturated rings. The molecule has 0 radical (unpaired) electrons. The molecule has 0 bridgehead atoms. The third kappa shape index (κ3) is 3.80. The van der Waals surface area contributed by atoms with Crippen molar-refractivity contribution in [1.82, 2.24) is 15.2 Å². The first kappa shape index (κ1) is 13.0. The van der Waals surface area contributed by atoms with Crippen molar-refractivity contribution in [3.05, 3.63) is 30.1 Å². The minimum absolute atomic E-state index is 0.597. The number of hydrogen-bond acceptors (Lipinski definition) is 4. The summed E-state index contributed by atoms with van der Waals surface area (Å²) in [4.78, 5) is 6.59. The quantitative estimate of drug-likeness (QED) is 0.854. The molecule has 1 aromatic rings. The van der Waals surface area contributed by atoms with E-state index in [-0.39, 0.29) is 0 Å². The van der Waals surface area contributed by atoms with Crippen LogP contribution in [-0.2, 0) is 6.54 Å². The summed E-state index contributed by atoms with van der Waals surface area (Å²) in [6, 6.07) is 6.92. The Bertz CT molecular complexity index is 379. The van der Waals surface area contributed by atoms with Gasteiger partial charge in [0.25, 0.3) is 0 Å². The van der Waals surface area contributed by atoms with Gasteiger partial charge in [-0.25, -0.2) is 0 Å². The Kier molecular flexibility index (Phi) is 5.13. The Hall–Kier alpha value is -1.44. The van der Waals surface area contributed by atoms with Crippen LogP contribution >= 0.6 is 0 Å². The summed E-state index contributed by atoms with van der Waals surface area (Å²) in [5.74, 6) is 0. The highest BCUT2D eigenvalue weighted by Gasteiger charge is 2.20. The zero-order valence-electron chi connectivity index (χ0n) is 10.7. The van der Waals surface area contributed by atoms with Crippen LogP contribution in [0.3, 0.4) is 0 Å². The molecule has 1 saturated heterocycles. The summed E-state index contributed by atoms with van der Waals surface area (Å²) in [7, 11) is 0. The minimum atomic E-state index is 0.597. The van der Waals surface area contributed by atoms with Gasteiger partial charge in [-0.2, -0.15) is 5.26 Å². The van der Waals surface area contributed by atoms with E-state index in [1.54, 1.807) is 6.20 Å². The summed E-state index contributed by atoms with van der Waals surface area (Å²) < 4.78 is 0. The Morgan fingerprint density at radius 2 is 2.28 bits per heavy atom. The summed E-state index contributed by atoms with van der Waals surface area (Å²) in [5, 5.41) is 12.2. The molecule has 4 nitrogen and oxygen atoms in total. The maximum Gasteiger partial charge on any atom is 0.0635 e. The van der Waals surface area contributed by atoms with Gasteiger partial charge in [-0.15, -0.1) is 0 Å². The zero-order valence-corrected chi connectivity index (χ0v) is 10.7. The number of hydrogen-bond donors (Lipinski definition) is 1. The van der Waals surface area contributed by atoms with Crippen molar-refractivity contribution >= 4 is 0 Å². The Morgan fingerprint density at radius 1 is 1.44 bits per heavy atom. The summed E-state index contributed by atoms with van der Waals surface area (Å²) in [6.45, 7) is 3.93. The maximum atomic E-state index is 8.78. The lowest BCUT2D eigenvalue weighted by atomic mass is 10.0. The van der Waals surface area contributed by atoms with E-state index in [0.29, 0.717) is 12.5 Å².